The minimum atomic E-state index is -0.264. The van der Waals surface area contributed by atoms with Gasteiger partial charge in [-0.2, -0.15) is 0 Å². The second-order valence-electron chi connectivity index (χ2n) is 5.42. The molecule has 0 aliphatic carbocycles. The van der Waals surface area contributed by atoms with E-state index in [0.717, 1.165) is 6.54 Å². The smallest absolute Gasteiger partial charge is 0.220 e. The number of aliphatic hydroxyl groups excluding tert-OH is 1. The average Bonchev–Trinajstić information content (AvgIpc) is 2.40. The summed E-state index contributed by atoms with van der Waals surface area (Å²) in [6.07, 6.45) is 0.577. The SMILES string of the molecule is CN(C)CCNC(=O)CC(CO)Cc1ccc(O)cc1O. The number of likely N-dealkylation sites (N-methyl/N-ethyl adjacent to an activating group) is 1. The molecular weight excluding hydrogens is 272 g/mol. The Labute approximate surface area is 125 Å². The fourth-order valence-corrected chi connectivity index (χ4v) is 1.99. The van der Waals surface area contributed by atoms with Gasteiger partial charge in [-0.3, -0.25) is 4.79 Å². The third kappa shape index (κ3) is 6.46. The summed E-state index contributed by atoms with van der Waals surface area (Å²) in [6, 6.07) is 4.32. The molecule has 6 heteroatoms. The lowest BCUT2D eigenvalue weighted by molar-refractivity contribution is -0.122. The fourth-order valence-electron chi connectivity index (χ4n) is 1.99. The first kappa shape index (κ1) is 17.3. The minimum absolute atomic E-state index is 0.0155. The molecule has 4 N–H and O–H groups in total. The van der Waals surface area contributed by atoms with Crippen LogP contribution in [0.15, 0.2) is 18.2 Å². The minimum Gasteiger partial charge on any atom is -0.508 e. The number of carbonyl (C=O) groups is 1. The predicted octanol–water partition coefficient (Wildman–Crippen LogP) is 0.317. The molecule has 0 fully saturated rings. The van der Waals surface area contributed by atoms with Crippen molar-refractivity contribution in [3.05, 3.63) is 23.8 Å². The first-order valence-electron chi connectivity index (χ1n) is 6.95. The maximum absolute atomic E-state index is 11.8. The molecule has 21 heavy (non-hydrogen) atoms. The maximum Gasteiger partial charge on any atom is 0.220 e. The monoisotopic (exact) mass is 296 g/mol. The summed E-state index contributed by atoms with van der Waals surface area (Å²) in [5.74, 6) is -0.423. The van der Waals surface area contributed by atoms with Crippen molar-refractivity contribution in [2.45, 2.75) is 12.8 Å². The number of aliphatic hydroxyl groups is 1. The topological polar surface area (TPSA) is 93.0 Å². The van der Waals surface area contributed by atoms with E-state index in [1.807, 2.05) is 19.0 Å². The summed E-state index contributed by atoms with van der Waals surface area (Å²) >= 11 is 0. The Morgan fingerprint density at radius 3 is 2.62 bits per heavy atom. The molecule has 118 valence electrons. The molecule has 1 amide bonds. The summed E-state index contributed by atoms with van der Waals surface area (Å²) in [6.45, 7) is 1.18. The molecule has 0 spiro atoms. The van der Waals surface area contributed by atoms with Crippen LogP contribution in [0.3, 0.4) is 0 Å². The normalized spacial score (nSPS) is 12.4. The van der Waals surface area contributed by atoms with Crippen LogP contribution in [0, 0.1) is 5.92 Å². The zero-order valence-corrected chi connectivity index (χ0v) is 12.5. The van der Waals surface area contributed by atoms with Crippen LogP contribution >= 0.6 is 0 Å². The molecule has 0 saturated heterocycles. The van der Waals surface area contributed by atoms with Crippen LogP contribution in [0.1, 0.15) is 12.0 Å². The van der Waals surface area contributed by atoms with Crippen molar-refractivity contribution < 1.29 is 20.1 Å². The Morgan fingerprint density at radius 2 is 2.05 bits per heavy atom. The third-order valence-corrected chi connectivity index (χ3v) is 3.19. The Balaban J connectivity index is 2.49. The van der Waals surface area contributed by atoms with E-state index < -0.39 is 0 Å². The van der Waals surface area contributed by atoms with Crippen molar-refractivity contribution in [3.63, 3.8) is 0 Å². The molecule has 1 aromatic carbocycles. The van der Waals surface area contributed by atoms with Crippen LogP contribution in [0.2, 0.25) is 0 Å². The molecule has 0 aliphatic rings. The van der Waals surface area contributed by atoms with Gasteiger partial charge in [0.1, 0.15) is 11.5 Å². The van der Waals surface area contributed by atoms with Crippen LogP contribution in [0.4, 0.5) is 0 Å². The van der Waals surface area contributed by atoms with Crippen molar-refractivity contribution >= 4 is 5.91 Å². The Kier molecular flexibility index (Phi) is 6.98. The van der Waals surface area contributed by atoms with Gasteiger partial charge in [-0.05, 0) is 38.1 Å². The number of hydrogen-bond acceptors (Lipinski definition) is 5. The van der Waals surface area contributed by atoms with E-state index in [9.17, 15) is 20.1 Å². The number of amides is 1. The molecule has 1 rings (SSSR count). The molecule has 6 nitrogen and oxygen atoms in total. The first-order valence-corrected chi connectivity index (χ1v) is 6.95. The number of benzene rings is 1. The molecule has 1 aromatic rings. The average molecular weight is 296 g/mol. The van der Waals surface area contributed by atoms with Gasteiger partial charge < -0.3 is 25.5 Å². The van der Waals surface area contributed by atoms with Crippen molar-refractivity contribution in [1.82, 2.24) is 10.2 Å². The van der Waals surface area contributed by atoms with Crippen LogP contribution in [0.25, 0.3) is 0 Å². The molecule has 1 unspecified atom stereocenters. The Bertz CT molecular complexity index is 463. The summed E-state index contributed by atoms with van der Waals surface area (Å²) in [4.78, 5) is 13.8. The summed E-state index contributed by atoms with van der Waals surface area (Å²) < 4.78 is 0. The van der Waals surface area contributed by atoms with Crippen LogP contribution in [0.5, 0.6) is 11.5 Å². The highest BCUT2D eigenvalue weighted by atomic mass is 16.3. The van der Waals surface area contributed by atoms with Gasteiger partial charge >= 0.3 is 0 Å². The van der Waals surface area contributed by atoms with Crippen LogP contribution < -0.4 is 5.32 Å². The highest BCUT2D eigenvalue weighted by Gasteiger charge is 2.15. The third-order valence-electron chi connectivity index (χ3n) is 3.19. The lowest BCUT2D eigenvalue weighted by atomic mass is 9.96. The number of hydrogen-bond donors (Lipinski definition) is 4. The molecule has 0 heterocycles. The maximum atomic E-state index is 11.8. The zero-order valence-electron chi connectivity index (χ0n) is 12.5. The van der Waals surface area contributed by atoms with Gasteiger partial charge in [0.05, 0.1) is 0 Å². The number of aromatic hydroxyl groups is 2. The predicted molar refractivity (Wildman–Crippen MR) is 80.2 cm³/mol. The van der Waals surface area contributed by atoms with E-state index in [1.165, 1.54) is 12.1 Å². The van der Waals surface area contributed by atoms with Gasteiger partial charge in [-0.1, -0.05) is 6.07 Å². The number of nitrogens with one attached hydrogen (secondary N) is 1. The van der Waals surface area contributed by atoms with Crippen molar-refractivity contribution in [3.8, 4) is 11.5 Å². The standard InChI is InChI=1S/C15H24N2O4/c1-17(2)6-5-16-15(21)8-11(10-18)7-12-3-4-13(19)9-14(12)20/h3-4,9,11,18-20H,5-8,10H2,1-2H3,(H,16,21). The van der Waals surface area contributed by atoms with Gasteiger partial charge in [0, 0.05) is 32.2 Å². The Morgan fingerprint density at radius 1 is 1.33 bits per heavy atom. The molecule has 1 atom stereocenters. The largest absolute Gasteiger partial charge is 0.508 e. The summed E-state index contributed by atoms with van der Waals surface area (Å²) in [5, 5.41) is 31.1. The second-order valence-corrected chi connectivity index (χ2v) is 5.42. The fraction of sp³-hybridized carbons (Fsp3) is 0.533. The highest BCUT2D eigenvalue weighted by Crippen LogP contribution is 2.25. The van der Waals surface area contributed by atoms with Gasteiger partial charge in [0.15, 0.2) is 0 Å². The van der Waals surface area contributed by atoms with E-state index in [-0.39, 0.29) is 36.4 Å². The second kappa shape index (κ2) is 8.49. The Hall–Kier alpha value is -1.79. The van der Waals surface area contributed by atoms with Crippen LogP contribution in [-0.2, 0) is 11.2 Å². The van der Waals surface area contributed by atoms with E-state index in [4.69, 9.17) is 0 Å². The van der Waals surface area contributed by atoms with E-state index in [0.29, 0.717) is 18.5 Å². The number of phenolic OH excluding ortho intramolecular Hbond substituents is 2. The van der Waals surface area contributed by atoms with Gasteiger partial charge in [-0.25, -0.2) is 0 Å². The lowest BCUT2D eigenvalue weighted by Gasteiger charge is -2.16. The van der Waals surface area contributed by atoms with Crippen molar-refractivity contribution in [2.75, 3.05) is 33.8 Å². The number of rotatable bonds is 8. The van der Waals surface area contributed by atoms with E-state index >= 15 is 0 Å². The van der Waals surface area contributed by atoms with Gasteiger partial charge in [0.25, 0.3) is 0 Å². The van der Waals surface area contributed by atoms with E-state index in [2.05, 4.69) is 5.32 Å². The number of phenols is 2. The van der Waals surface area contributed by atoms with Crippen LogP contribution in [-0.4, -0.2) is 59.9 Å². The molecule has 0 aromatic heterocycles. The quantitative estimate of drug-likeness (QED) is 0.554. The lowest BCUT2D eigenvalue weighted by Crippen LogP contribution is -2.33. The molecule has 0 bridgehead atoms. The summed E-state index contributed by atoms with van der Waals surface area (Å²) in [7, 11) is 3.85. The van der Waals surface area contributed by atoms with Gasteiger partial charge in [-0.15, -0.1) is 0 Å². The number of nitrogens with zero attached hydrogens (tertiary/aromatic N) is 1. The van der Waals surface area contributed by atoms with Crippen molar-refractivity contribution in [2.24, 2.45) is 5.92 Å². The molecular formula is C15H24N2O4. The molecule has 0 saturated carbocycles. The van der Waals surface area contributed by atoms with E-state index in [1.54, 1.807) is 6.07 Å². The summed E-state index contributed by atoms with van der Waals surface area (Å²) in [5.41, 5.74) is 0.605. The number of carbonyl (C=O) groups excluding carboxylic acids is 1. The first-order chi connectivity index (χ1) is 9.92. The zero-order chi connectivity index (χ0) is 15.8. The molecule has 0 radical (unpaired) electrons. The van der Waals surface area contributed by atoms with Gasteiger partial charge in [0.2, 0.25) is 5.91 Å². The highest BCUT2D eigenvalue weighted by molar-refractivity contribution is 5.76. The molecule has 0 aliphatic heterocycles. The van der Waals surface area contributed by atoms with Crippen molar-refractivity contribution in [1.29, 1.82) is 0 Å².